The molecule has 0 aromatic heterocycles. The molecule has 3 nitrogen and oxygen atoms in total. The summed E-state index contributed by atoms with van der Waals surface area (Å²) in [6.45, 7) is 11.5. The molecule has 1 rings (SSSR count). The highest BCUT2D eigenvalue weighted by atomic mass is 16.6. The molecule has 0 saturated carbocycles. The van der Waals surface area contributed by atoms with Gasteiger partial charge in [0.1, 0.15) is 0 Å². The van der Waals surface area contributed by atoms with Gasteiger partial charge in [-0.2, -0.15) is 0 Å². The van der Waals surface area contributed by atoms with Gasteiger partial charge in [-0.15, -0.1) is 0 Å². The third kappa shape index (κ3) is 4.22. The van der Waals surface area contributed by atoms with Crippen molar-refractivity contribution < 1.29 is 4.84 Å². The van der Waals surface area contributed by atoms with E-state index in [-0.39, 0.29) is 0 Å². The summed E-state index contributed by atoms with van der Waals surface area (Å²) in [5.74, 6) is 0. The van der Waals surface area contributed by atoms with E-state index in [0.717, 1.165) is 38.2 Å². The Bertz CT molecular complexity index is 348. The lowest BCUT2D eigenvalue weighted by Gasteiger charge is -2.22. The fourth-order valence-corrected chi connectivity index (χ4v) is 1.89. The van der Waals surface area contributed by atoms with Crippen LogP contribution in [0.3, 0.4) is 0 Å². The number of unbranched alkanes of at least 4 members (excludes halogenated alkanes) is 1. The van der Waals surface area contributed by atoms with Gasteiger partial charge in [-0.1, -0.05) is 13.3 Å². The molecule has 0 spiro atoms. The van der Waals surface area contributed by atoms with Crippen LogP contribution in [0.1, 0.15) is 39.2 Å². The number of hydrogen-bond acceptors (Lipinski definition) is 3. The fraction of sp³-hybridized carbons (Fsp3) is 0.600. The summed E-state index contributed by atoms with van der Waals surface area (Å²) in [7, 11) is 0. The maximum absolute atomic E-state index is 5.43. The molecule has 0 heterocycles. The number of benzene rings is 1. The van der Waals surface area contributed by atoms with Crippen LogP contribution in [-0.2, 0) is 4.84 Å². The van der Waals surface area contributed by atoms with E-state index in [1.165, 1.54) is 11.3 Å². The van der Waals surface area contributed by atoms with Gasteiger partial charge in [0.15, 0.2) is 0 Å². The third-order valence-electron chi connectivity index (χ3n) is 3.12. The normalized spacial score (nSPS) is 10.4. The van der Waals surface area contributed by atoms with E-state index in [2.05, 4.69) is 56.3 Å². The minimum atomic E-state index is 0.758. The van der Waals surface area contributed by atoms with Crippen LogP contribution in [0.2, 0.25) is 0 Å². The quantitative estimate of drug-likeness (QED) is 0.558. The van der Waals surface area contributed by atoms with Gasteiger partial charge in [0.2, 0.25) is 0 Å². The molecule has 0 aliphatic carbocycles. The first-order valence-electron chi connectivity index (χ1n) is 6.96. The molecule has 18 heavy (non-hydrogen) atoms. The van der Waals surface area contributed by atoms with Crippen LogP contribution in [0.15, 0.2) is 18.2 Å². The summed E-state index contributed by atoms with van der Waals surface area (Å²) in [6.07, 6.45) is 2.24. The van der Waals surface area contributed by atoms with Crippen LogP contribution in [-0.4, -0.2) is 19.7 Å². The van der Waals surface area contributed by atoms with Gasteiger partial charge in [-0.25, -0.2) is 0 Å². The first kappa shape index (κ1) is 14.8. The molecule has 0 bridgehead atoms. The Hall–Kier alpha value is -1.22. The average Bonchev–Trinajstić information content (AvgIpc) is 2.38. The van der Waals surface area contributed by atoms with E-state index >= 15 is 0 Å². The van der Waals surface area contributed by atoms with Crippen molar-refractivity contribution in [2.24, 2.45) is 0 Å². The predicted molar refractivity (Wildman–Crippen MR) is 79.2 cm³/mol. The molecule has 1 N–H and O–H groups in total. The number of aryl methyl sites for hydroxylation is 1. The standard InChI is InChI=1S/C15H26N2O/c1-5-8-11-18-16-15-10-9-14(12-13(15)4)17(6-2)7-3/h9-10,12,16H,5-8,11H2,1-4H3. The van der Waals surface area contributed by atoms with Crippen molar-refractivity contribution in [2.75, 3.05) is 30.1 Å². The molecule has 1 aromatic rings. The summed E-state index contributed by atoms with van der Waals surface area (Å²) < 4.78 is 0. The smallest absolute Gasteiger partial charge is 0.0745 e. The molecular formula is C15H26N2O. The van der Waals surface area contributed by atoms with Gasteiger partial charge in [-0.3, -0.25) is 10.3 Å². The fourth-order valence-electron chi connectivity index (χ4n) is 1.89. The molecule has 0 aliphatic rings. The number of nitrogens with zero attached hydrogens (tertiary/aromatic N) is 1. The summed E-state index contributed by atoms with van der Waals surface area (Å²) in [5, 5.41) is 0. The topological polar surface area (TPSA) is 24.5 Å². The van der Waals surface area contributed by atoms with Crippen molar-refractivity contribution in [2.45, 2.75) is 40.5 Å². The van der Waals surface area contributed by atoms with Crippen LogP contribution in [0.4, 0.5) is 11.4 Å². The highest BCUT2D eigenvalue weighted by molar-refractivity contribution is 5.59. The van der Waals surface area contributed by atoms with Gasteiger partial charge in [0.25, 0.3) is 0 Å². The van der Waals surface area contributed by atoms with Crippen LogP contribution in [0, 0.1) is 6.92 Å². The Labute approximate surface area is 111 Å². The predicted octanol–water partition coefficient (Wildman–Crippen LogP) is 3.98. The Morgan fingerprint density at radius 2 is 1.89 bits per heavy atom. The monoisotopic (exact) mass is 250 g/mol. The molecule has 1 aromatic carbocycles. The van der Waals surface area contributed by atoms with Crippen LogP contribution < -0.4 is 10.4 Å². The van der Waals surface area contributed by atoms with Crippen molar-refractivity contribution >= 4 is 11.4 Å². The van der Waals surface area contributed by atoms with Gasteiger partial charge < -0.3 is 4.90 Å². The Morgan fingerprint density at radius 1 is 1.17 bits per heavy atom. The largest absolute Gasteiger partial charge is 0.372 e. The van der Waals surface area contributed by atoms with Crippen LogP contribution in [0.25, 0.3) is 0 Å². The molecule has 0 atom stereocenters. The summed E-state index contributed by atoms with van der Waals surface area (Å²) in [4.78, 5) is 7.77. The van der Waals surface area contributed by atoms with E-state index in [4.69, 9.17) is 4.84 Å². The minimum Gasteiger partial charge on any atom is -0.372 e. The van der Waals surface area contributed by atoms with Crippen molar-refractivity contribution in [3.05, 3.63) is 23.8 Å². The second kappa shape index (κ2) is 7.98. The minimum absolute atomic E-state index is 0.758. The Balaban J connectivity index is 2.61. The van der Waals surface area contributed by atoms with E-state index in [9.17, 15) is 0 Å². The maximum Gasteiger partial charge on any atom is 0.0745 e. The average molecular weight is 250 g/mol. The zero-order valence-corrected chi connectivity index (χ0v) is 12.1. The van der Waals surface area contributed by atoms with Gasteiger partial charge in [0, 0.05) is 18.8 Å². The number of nitrogens with one attached hydrogen (secondary N) is 1. The Morgan fingerprint density at radius 3 is 2.44 bits per heavy atom. The summed E-state index contributed by atoms with van der Waals surface area (Å²) in [6, 6.07) is 6.44. The third-order valence-corrected chi connectivity index (χ3v) is 3.12. The molecule has 0 aliphatic heterocycles. The first-order chi connectivity index (χ1) is 8.72. The lowest BCUT2D eigenvalue weighted by Crippen LogP contribution is -2.21. The Kier molecular flexibility index (Phi) is 6.58. The lowest BCUT2D eigenvalue weighted by molar-refractivity contribution is 0.189. The second-order valence-electron chi connectivity index (χ2n) is 4.48. The molecule has 0 unspecified atom stereocenters. The van der Waals surface area contributed by atoms with Gasteiger partial charge in [-0.05, 0) is 51.0 Å². The molecule has 102 valence electrons. The van der Waals surface area contributed by atoms with Crippen molar-refractivity contribution in [1.29, 1.82) is 0 Å². The number of rotatable bonds is 8. The SMILES string of the molecule is CCCCONc1ccc(N(CC)CC)cc1C. The van der Waals surface area contributed by atoms with E-state index in [1.54, 1.807) is 0 Å². The second-order valence-corrected chi connectivity index (χ2v) is 4.48. The van der Waals surface area contributed by atoms with Crippen molar-refractivity contribution in [3.8, 4) is 0 Å². The highest BCUT2D eigenvalue weighted by Crippen LogP contribution is 2.22. The van der Waals surface area contributed by atoms with Crippen LogP contribution in [0.5, 0.6) is 0 Å². The zero-order chi connectivity index (χ0) is 13.4. The lowest BCUT2D eigenvalue weighted by atomic mass is 10.1. The first-order valence-corrected chi connectivity index (χ1v) is 6.96. The zero-order valence-electron chi connectivity index (χ0n) is 12.1. The van der Waals surface area contributed by atoms with Crippen molar-refractivity contribution in [1.82, 2.24) is 0 Å². The van der Waals surface area contributed by atoms with E-state index in [1.807, 2.05) is 0 Å². The highest BCUT2D eigenvalue weighted by Gasteiger charge is 2.04. The molecule has 0 amide bonds. The van der Waals surface area contributed by atoms with Crippen LogP contribution >= 0.6 is 0 Å². The molecule has 3 heteroatoms. The number of hydrogen-bond donors (Lipinski definition) is 1. The summed E-state index contributed by atoms with van der Waals surface area (Å²) >= 11 is 0. The maximum atomic E-state index is 5.43. The summed E-state index contributed by atoms with van der Waals surface area (Å²) in [5.41, 5.74) is 6.58. The molecule has 0 fully saturated rings. The van der Waals surface area contributed by atoms with Gasteiger partial charge in [0.05, 0.1) is 12.3 Å². The van der Waals surface area contributed by atoms with Gasteiger partial charge >= 0.3 is 0 Å². The van der Waals surface area contributed by atoms with E-state index in [0.29, 0.717) is 0 Å². The number of anilines is 2. The molecular weight excluding hydrogens is 224 g/mol. The molecule has 0 saturated heterocycles. The van der Waals surface area contributed by atoms with E-state index < -0.39 is 0 Å². The molecule has 0 radical (unpaired) electrons. The van der Waals surface area contributed by atoms with Crippen molar-refractivity contribution in [3.63, 3.8) is 0 Å².